The van der Waals surface area contributed by atoms with Crippen molar-refractivity contribution in [2.24, 2.45) is 0 Å². The molecule has 0 radical (unpaired) electrons. The van der Waals surface area contributed by atoms with Gasteiger partial charge in [0.05, 0.1) is 11.8 Å². The highest BCUT2D eigenvalue weighted by Crippen LogP contribution is 2.39. The molecule has 0 amide bonds. The van der Waals surface area contributed by atoms with Crippen molar-refractivity contribution in [1.29, 1.82) is 5.26 Å². The van der Waals surface area contributed by atoms with Crippen LogP contribution in [0.15, 0.2) is 36.4 Å². The summed E-state index contributed by atoms with van der Waals surface area (Å²) in [6.07, 6.45) is 2.26. The molecule has 5 nitrogen and oxygen atoms in total. The largest absolute Gasteiger partial charge is 0.389 e. The van der Waals surface area contributed by atoms with E-state index in [0.717, 1.165) is 23.6 Å². The smallest absolute Gasteiger partial charge is 0.305 e. The second-order valence-electron chi connectivity index (χ2n) is 7.06. The number of nitrogens with zero attached hydrogens (tertiary/aromatic N) is 4. The van der Waals surface area contributed by atoms with Crippen LogP contribution in [-0.4, -0.2) is 25.8 Å². The molecular weight excluding hydrogens is 362 g/mol. The van der Waals surface area contributed by atoms with Crippen molar-refractivity contribution in [3.8, 4) is 17.2 Å². The van der Waals surface area contributed by atoms with Crippen molar-refractivity contribution >= 4 is 11.2 Å². The van der Waals surface area contributed by atoms with Gasteiger partial charge in [-0.2, -0.15) is 14.0 Å². The van der Waals surface area contributed by atoms with Gasteiger partial charge < -0.3 is 5.11 Å². The normalized spacial score (nSPS) is 17.0. The van der Waals surface area contributed by atoms with Gasteiger partial charge >= 0.3 is 5.92 Å². The van der Waals surface area contributed by atoms with Crippen LogP contribution in [0, 0.1) is 18.3 Å². The highest BCUT2D eigenvalue weighted by atomic mass is 19.3. The Bertz CT molecular complexity index is 1140. The molecule has 2 aromatic heterocycles. The van der Waals surface area contributed by atoms with Gasteiger partial charge in [-0.1, -0.05) is 36.4 Å². The molecule has 0 saturated heterocycles. The number of nitriles is 1. The van der Waals surface area contributed by atoms with Crippen LogP contribution in [0.3, 0.4) is 0 Å². The lowest BCUT2D eigenvalue weighted by atomic mass is 9.92. The zero-order valence-corrected chi connectivity index (χ0v) is 15.4. The minimum absolute atomic E-state index is 0.105. The molecule has 1 aliphatic carbocycles. The summed E-state index contributed by atoms with van der Waals surface area (Å²) < 4.78 is 29.2. The molecule has 4 rings (SSSR count). The quantitative estimate of drug-likeness (QED) is 0.738. The number of benzene rings is 1. The number of hydrogen-bond acceptors (Lipinski definition) is 4. The van der Waals surface area contributed by atoms with E-state index in [1.807, 2.05) is 30.3 Å². The standard InChI is InChI=1S/C21H18F2N4O/c1-12-16(11-24)19-25-20(21(2,22)23)26-27(19)18(14-8-9-15(28)10-14)17(12)13-6-4-3-5-7-13/h3-7,10,15,28H,8-9H2,1-2H3. The molecule has 2 heterocycles. The van der Waals surface area contributed by atoms with Crippen molar-refractivity contribution < 1.29 is 13.9 Å². The summed E-state index contributed by atoms with van der Waals surface area (Å²) in [6.45, 7) is 2.52. The maximum atomic E-state index is 13.9. The number of allylic oxidation sites excluding steroid dienone is 1. The van der Waals surface area contributed by atoms with Crippen molar-refractivity contribution in [3.05, 3.63) is 59.1 Å². The number of hydrogen-bond donors (Lipinski definition) is 1. The Labute approximate surface area is 160 Å². The summed E-state index contributed by atoms with van der Waals surface area (Å²) in [5, 5.41) is 23.8. The molecule has 1 unspecified atom stereocenters. The van der Waals surface area contributed by atoms with Crippen LogP contribution in [0.4, 0.5) is 8.78 Å². The first-order valence-electron chi connectivity index (χ1n) is 8.97. The van der Waals surface area contributed by atoms with Gasteiger partial charge in [0, 0.05) is 12.5 Å². The molecule has 1 aliphatic rings. The molecule has 1 N–H and O–H groups in total. The van der Waals surface area contributed by atoms with E-state index < -0.39 is 17.9 Å². The van der Waals surface area contributed by atoms with Gasteiger partial charge in [0.25, 0.3) is 0 Å². The summed E-state index contributed by atoms with van der Waals surface area (Å²) >= 11 is 0. The Balaban J connectivity index is 2.17. The molecule has 0 aliphatic heterocycles. The molecule has 3 aromatic rings. The Hall–Kier alpha value is -3.11. The molecular formula is C21H18F2N4O. The third-order valence-corrected chi connectivity index (χ3v) is 5.00. The highest BCUT2D eigenvalue weighted by molar-refractivity contribution is 5.86. The lowest BCUT2D eigenvalue weighted by Crippen LogP contribution is -2.10. The molecule has 1 aromatic carbocycles. The SMILES string of the molecule is Cc1c(-c2ccccc2)c(C2=CC(O)CC2)n2nc(C(C)(F)F)nc2c1C#N. The fourth-order valence-electron chi connectivity index (χ4n) is 3.68. The molecule has 0 bridgehead atoms. The van der Waals surface area contributed by atoms with Crippen LogP contribution in [0.25, 0.3) is 22.3 Å². The van der Waals surface area contributed by atoms with Crippen molar-refractivity contribution in [1.82, 2.24) is 14.6 Å². The molecule has 1 atom stereocenters. The van der Waals surface area contributed by atoms with Gasteiger partial charge in [-0.05, 0) is 36.5 Å². The van der Waals surface area contributed by atoms with E-state index in [2.05, 4.69) is 16.2 Å². The first-order valence-corrected chi connectivity index (χ1v) is 8.97. The Morgan fingerprint density at radius 1 is 1.29 bits per heavy atom. The second kappa shape index (κ2) is 6.50. The van der Waals surface area contributed by atoms with E-state index in [0.29, 0.717) is 24.1 Å². The molecule has 142 valence electrons. The third-order valence-electron chi connectivity index (χ3n) is 5.00. The van der Waals surface area contributed by atoms with Gasteiger partial charge in [0.1, 0.15) is 11.6 Å². The number of aromatic nitrogens is 3. The minimum Gasteiger partial charge on any atom is -0.389 e. The number of aliphatic hydroxyl groups is 1. The van der Waals surface area contributed by atoms with Crippen LogP contribution < -0.4 is 0 Å². The number of pyridine rings is 1. The molecule has 0 fully saturated rings. The number of aliphatic hydroxyl groups excluding tert-OH is 1. The Morgan fingerprint density at radius 3 is 2.57 bits per heavy atom. The maximum absolute atomic E-state index is 13.9. The number of alkyl halides is 2. The molecule has 28 heavy (non-hydrogen) atoms. The molecule has 0 saturated carbocycles. The predicted octanol–water partition coefficient (Wildman–Crippen LogP) is 4.23. The summed E-state index contributed by atoms with van der Waals surface area (Å²) in [5.41, 5.74) is 3.95. The number of rotatable bonds is 3. The Morgan fingerprint density at radius 2 is 2.00 bits per heavy atom. The lowest BCUT2D eigenvalue weighted by molar-refractivity contribution is 0.00798. The van der Waals surface area contributed by atoms with E-state index in [4.69, 9.17) is 0 Å². The van der Waals surface area contributed by atoms with Gasteiger partial charge in [0.15, 0.2) is 5.65 Å². The van der Waals surface area contributed by atoms with Crippen molar-refractivity contribution in [3.63, 3.8) is 0 Å². The average molecular weight is 380 g/mol. The van der Waals surface area contributed by atoms with Gasteiger partial charge in [0.2, 0.25) is 5.82 Å². The van der Waals surface area contributed by atoms with E-state index >= 15 is 0 Å². The summed E-state index contributed by atoms with van der Waals surface area (Å²) in [7, 11) is 0. The van der Waals surface area contributed by atoms with Crippen molar-refractivity contribution in [2.45, 2.75) is 38.7 Å². The Kier molecular flexibility index (Phi) is 4.24. The fraction of sp³-hybridized carbons (Fsp3) is 0.286. The van der Waals surface area contributed by atoms with Crippen molar-refractivity contribution in [2.75, 3.05) is 0 Å². The zero-order chi connectivity index (χ0) is 20.1. The predicted molar refractivity (Wildman–Crippen MR) is 101 cm³/mol. The molecule has 7 heteroatoms. The summed E-state index contributed by atoms with van der Waals surface area (Å²) in [4.78, 5) is 3.99. The average Bonchev–Trinajstić information content (AvgIpc) is 3.28. The van der Waals surface area contributed by atoms with Crippen LogP contribution in [-0.2, 0) is 5.92 Å². The number of halogens is 2. The van der Waals surface area contributed by atoms with Crippen LogP contribution >= 0.6 is 0 Å². The number of fused-ring (bicyclic) bond motifs is 1. The fourth-order valence-corrected chi connectivity index (χ4v) is 3.68. The van der Waals surface area contributed by atoms with Gasteiger partial charge in [-0.15, -0.1) is 5.10 Å². The third kappa shape index (κ3) is 2.86. The van der Waals surface area contributed by atoms with E-state index in [9.17, 15) is 19.1 Å². The first kappa shape index (κ1) is 18.3. The molecule has 0 spiro atoms. The topological polar surface area (TPSA) is 74.2 Å². The van der Waals surface area contributed by atoms with Crippen LogP contribution in [0.1, 0.15) is 42.4 Å². The lowest BCUT2D eigenvalue weighted by Gasteiger charge is -2.17. The van der Waals surface area contributed by atoms with Crippen LogP contribution in [0.5, 0.6) is 0 Å². The maximum Gasteiger partial charge on any atom is 0.305 e. The zero-order valence-electron chi connectivity index (χ0n) is 15.4. The van der Waals surface area contributed by atoms with E-state index in [-0.39, 0.29) is 11.2 Å². The monoisotopic (exact) mass is 380 g/mol. The first-order chi connectivity index (χ1) is 13.3. The second-order valence-corrected chi connectivity index (χ2v) is 7.06. The summed E-state index contributed by atoms with van der Waals surface area (Å²) in [5.74, 6) is -3.87. The highest BCUT2D eigenvalue weighted by Gasteiger charge is 2.33. The summed E-state index contributed by atoms with van der Waals surface area (Å²) in [6, 6.07) is 11.5. The van der Waals surface area contributed by atoms with E-state index in [1.165, 1.54) is 4.52 Å². The van der Waals surface area contributed by atoms with Crippen LogP contribution in [0.2, 0.25) is 0 Å². The van der Waals surface area contributed by atoms with Gasteiger partial charge in [-0.3, -0.25) is 0 Å². The van der Waals surface area contributed by atoms with Gasteiger partial charge in [-0.25, -0.2) is 9.50 Å². The van der Waals surface area contributed by atoms with E-state index in [1.54, 1.807) is 13.0 Å². The minimum atomic E-state index is -3.24.